The Hall–Kier alpha value is -2.00. The van der Waals surface area contributed by atoms with Gasteiger partial charge in [0, 0.05) is 23.5 Å². The molecule has 17 heavy (non-hydrogen) atoms. The Bertz CT molecular complexity index is 523. The summed E-state index contributed by atoms with van der Waals surface area (Å²) in [6, 6.07) is 10.6. The molecule has 0 saturated heterocycles. The van der Waals surface area contributed by atoms with Crippen LogP contribution in [0.25, 0.3) is 0 Å². The number of carbonyl (C=O) groups excluding carboxylic acids is 1. The maximum absolute atomic E-state index is 12.0. The van der Waals surface area contributed by atoms with Crippen molar-refractivity contribution in [1.82, 2.24) is 4.98 Å². The van der Waals surface area contributed by atoms with E-state index < -0.39 is 6.10 Å². The first kappa shape index (κ1) is 11.5. The van der Waals surface area contributed by atoms with E-state index in [4.69, 9.17) is 0 Å². The van der Waals surface area contributed by atoms with E-state index in [-0.39, 0.29) is 5.78 Å². The molecule has 2 aromatic rings. The maximum Gasteiger partial charge on any atom is 0.195 e. The van der Waals surface area contributed by atoms with E-state index in [9.17, 15) is 9.90 Å². The van der Waals surface area contributed by atoms with E-state index in [0.29, 0.717) is 11.1 Å². The lowest BCUT2D eigenvalue weighted by Crippen LogP contribution is -2.12. The zero-order chi connectivity index (χ0) is 12.3. The Morgan fingerprint density at radius 1 is 1.29 bits per heavy atom. The summed E-state index contributed by atoms with van der Waals surface area (Å²) in [5.74, 6) is -0.304. The maximum atomic E-state index is 12.0. The number of hydrogen-bond donors (Lipinski definition) is 1. The van der Waals surface area contributed by atoms with Gasteiger partial charge in [-0.3, -0.25) is 9.78 Å². The van der Waals surface area contributed by atoms with E-state index in [1.165, 1.54) is 6.20 Å². The highest BCUT2D eigenvalue weighted by Gasteiger charge is 2.18. The molecular formula is C14H13NO2. The van der Waals surface area contributed by atoms with Crippen LogP contribution in [0.3, 0.4) is 0 Å². The van der Waals surface area contributed by atoms with E-state index in [0.717, 1.165) is 5.56 Å². The molecule has 1 aromatic carbocycles. The quantitative estimate of drug-likeness (QED) is 0.818. The first-order valence-corrected chi connectivity index (χ1v) is 5.37. The molecule has 0 radical (unpaired) electrons. The molecule has 0 spiro atoms. The number of Topliss-reactive ketones (excluding diaryl/α,β-unsaturated/α-hetero) is 1. The molecule has 1 aromatic heterocycles. The molecule has 1 heterocycles. The smallest absolute Gasteiger partial charge is 0.195 e. The number of aromatic nitrogens is 1. The van der Waals surface area contributed by atoms with Crippen molar-refractivity contribution in [2.24, 2.45) is 0 Å². The third-order valence-electron chi connectivity index (χ3n) is 2.55. The second-order valence-corrected chi connectivity index (χ2v) is 3.92. The summed E-state index contributed by atoms with van der Waals surface area (Å²) in [5.41, 5.74) is 2.02. The largest absolute Gasteiger partial charge is 0.380 e. The molecule has 0 aliphatic rings. The minimum Gasteiger partial charge on any atom is -0.380 e. The Kier molecular flexibility index (Phi) is 3.30. The topological polar surface area (TPSA) is 50.2 Å². The number of hydrogen-bond acceptors (Lipinski definition) is 3. The van der Waals surface area contributed by atoms with Gasteiger partial charge in [0.1, 0.15) is 6.10 Å². The highest BCUT2D eigenvalue weighted by Crippen LogP contribution is 2.17. The highest BCUT2D eigenvalue weighted by atomic mass is 16.3. The lowest BCUT2D eigenvalue weighted by atomic mass is 10.00. The minimum absolute atomic E-state index is 0.304. The standard InChI is InChI=1S/C14H13NO2/c1-10-4-2-5-11(8-10)13(16)14(17)12-6-3-7-15-9-12/h2-9,14,17H,1H3. The molecule has 3 heteroatoms. The molecule has 0 bridgehead atoms. The van der Waals surface area contributed by atoms with Crippen LogP contribution in [0.1, 0.15) is 27.6 Å². The Balaban J connectivity index is 2.27. The van der Waals surface area contributed by atoms with Crippen LogP contribution in [0.5, 0.6) is 0 Å². The van der Waals surface area contributed by atoms with Crippen LogP contribution in [0.4, 0.5) is 0 Å². The van der Waals surface area contributed by atoms with Crippen molar-refractivity contribution in [3.63, 3.8) is 0 Å². The van der Waals surface area contributed by atoms with Crippen LogP contribution >= 0.6 is 0 Å². The molecule has 0 fully saturated rings. The second kappa shape index (κ2) is 4.89. The van der Waals surface area contributed by atoms with Crippen molar-refractivity contribution < 1.29 is 9.90 Å². The van der Waals surface area contributed by atoms with Gasteiger partial charge in [-0.1, -0.05) is 29.8 Å². The summed E-state index contributed by atoms with van der Waals surface area (Å²) in [6.45, 7) is 1.91. The van der Waals surface area contributed by atoms with Crippen molar-refractivity contribution in [3.05, 3.63) is 65.5 Å². The van der Waals surface area contributed by atoms with E-state index in [1.807, 2.05) is 13.0 Å². The highest BCUT2D eigenvalue weighted by molar-refractivity contribution is 5.99. The third-order valence-corrected chi connectivity index (χ3v) is 2.55. The summed E-state index contributed by atoms with van der Waals surface area (Å²) in [6.07, 6.45) is 1.96. The van der Waals surface area contributed by atoms with E-state index in [2.05, 4.69) is 4.98 Å². The van der Waals surface area contributed by atoms with Crippen molar-refractivity contribution in [1.29, 1.82) is 0 Å². The number of ketones is 1. The molecule has 86 valence electrons. The van der Waals surface area contributed by atoms with Gasteiger partial charge in [-0.05, 0) is 19.1 Å². The number of nitrogens with zero attached hydrogens (tertiary/aromatic N) is 1. The summed E-state index contributed by atoms with van der Waals surface area (Å²) >= 11 is 0. The van der Waals surface area contributed by atoms with Crippen molar-refractivity contribution >= 4 is 5.78 Å². The number of aliphatic hydroxyl groups excluding tert-OH is 1. The number of pyridine rings is 1. The number of benzene rings is 1. The first-order valence-electron chi connectivity index (χ1n) is 5.37. The number of carbonyl (C=O) groups is 1. The second-order valence-electron chi connectivity index (χ2n) is 3.92. The monoisotopic (exact) mass is 227 g/mol. The average Bonchev–Trinajstić information content (AvgIpc) is 2.38. The Morgan fingerprint density at radius 3 is 2.76 bits per heavy atom. The number of aliphatic hydroxyl groups is 1. The molecule has 3 nitrogen and oxygen atoms in total. The van der Waals surface area contributed by atoms with Gasteiger partial charge in [-0.25, -0.2) is 0 Å². The van der Waals surface area contributed by atoms with Crippen molar-refractivity contribution in [3.8, 4) is 0 Å². The lowest BCUT2D eigenvalue weighted by molar-refractivity contribution is 0.0747. The molecule has 1 unspecified atom stereocenters. The normalized spacial score (nSPS) is 12.1. The molecule has 0 aliphatic heterocycles. The average molecular weight is 227 g/mol. The fourth-order valence-electron chi connectivity index (χ4n) is 1.65. The van der Waals surface area contributed by atoms with Crippen LogP contribution in [0.15, 0.2) is 48.8 Å². The van der Waals surface area contributed by atoms with Gasteiger partial charge < -0.3 is 5.11 Å². The molecule has 0 amide bonds. The van der Waals surface area contributed by atoms with Gasteiger partial charge in [-0.15, -0.1) is 0 Å². The van der Waals surface area contributed by atoms with Gasteiger partial charge in [-0.2, -0.15) is 0 Å². The summed E-state index contributed by atoms with van der Waals surface area (Å²) in [5, 5.41) is 9.94. The molecular weight excluding hydrogens is 214 g/mol. The Morgan fingerprint density at radius 2 is 2.12 bits per heavy atom. The van der Waals surface area contributed by atoms with E-state index in [1.54, 1.807) is 36.5 Å². The van der Waals surface area contributed by atoms with Crippen molar-refractivity contribution in [2.75, 3.05) is 0 Å². The van der Waals surface area contributed by atoms with Gasteiger partial charge >= 0.3 is 0 Å². The molecule has 1 atom stereocenters. The van der Waals surface area contributed by atoms with Crippen LogP contribution in [-0.2, 0) is 0 Å². The zero-order valence-electron chi connectivity index (χ0n) is 9.50. The van der Waals surface area contributed by atoms with Crippen LogP contribution in [-0.4, -0.2) is 15.9 Å². The van der Waals surface area contributed by atoms with Gasteiger partial charge in [0.2, 0.25) is 0 Å². The predicted octanol–water partition coefficient (Wildman–Crippen LogP) is 2.31. The first-order chi connectivity index (χ1) is 8.18. The van der Waals surface area contributed by atoms with Crippen LogP contribution in [0.2, 0.25) is 0 Å². The SMILES string of the molecule is Cc1cccc(C(=O)C(O)c2cccnc2)c1. The summed E-state index contributed by atoms with van der Waals surface area (Å²) in [7, 11) is 0. The number of aryl methyl sites for hydroxylation is 1. The number of rotatable bonds is 3. The molecule has 1 N–H and O–H groups in total. The van der Waals surface area contributed by atoms with Crippen LogP contribution in [0, 0.1) is 6.92 Å². The van der Waals surface area contributed by atoms with Gasteiger partial charge in [0.15, 0.2) is 5.78 Å². The van der Waals surface area contributed by atoms with Crippen molar-refractivity contribution in [2.45, 2.75) is 13.0 Å². The summed E-state index contributed by atoms with van der Waals surface area (Å²) in [4.78, 5) is 15.9. The lowest BCUT2D eigenvalue weighted by Gasteiger charge is -2.09. The van der Waals surface area contributed by atoms with Gasteiger partial charge in [0.25, 0.3) is 0 Å². The fourth-order valence-corrected chi connectivity index (χ4v) is 1.65. The van der Waals surface area contributed by atoms with Gasteiger partial charge in [0.05, 0.1) is 0 Å². The minimum atomic E-state index is -1.15. The zero-order valence-corrected chi connectivity index (χ0v) is 9.50. The molecule has 0 aliphatic carbocycles. The predicted molar refractivity (Wildman–Crippen MR) is 64.7 cm³/mol. The fraction of sp³-hybridized carbons (Fsp3) is 0.143. The summed E-state index contributed by atoms with van der Waals surface area (Å²) < 4.78 is 0. The van der Waals surface area contributed by atoms with Crippen LogP contribution < -0.4 is 0 Å². The Labute approximate surface area is 99.8 Å². The third kappa shape index (κ3) is 2.57. The molecule has 0 saturated carbocycles. The molecule has 2 rings (SSSR count). The van der Waals surface area contributed by atoms with E-state index >= 15 is 0 Å².